The van der Waals surface area contributed by atoms with Crippen molar-refractivity contribution in [2.45, 2.75) is 32.6 Å². The third-order valence-electron chi connectivity index (χ3n) is 4.45. The van der Waals surface area contributed by atoms with E-state index in [1.807, 2.05) is 46.0 Å². The summed E-state index contributed by atoms with van der Waals surface area (Å²) in [6, 6.07) is 6.89. The molecule has 7 nitrogen and oxygen atoms in total. The van der Waals surface area contributed by atoms with E-state index in [-0.39, 0.29) is 0 Å². The molecule has 4 rings (SSSR count). The first kappa shape index (κ1) is 17.1. The lowest BCUT2D eigenvalue weighted by Crippen LogP contribution is -2.47. The number of hydrogen-bond acceptors (Lipinski definition) is 6. The number of carboxylic acids is 1. The zero-order valence-corrected chi connectivity index (χ0v) is 15.5. The van der Waals surface area contributed by atoms with E-state index >= 15 is 0 Å². The third-order valence-corrected chi connectivity index (χ3v) is 5.64. The minimum absolute atomic E-state index is 0.345. The Hall–Kier alpha value is -2.29. The van der Waals surface area contributed by atoms with Crippen LogP contribution in [0.25, 0.3) is 10.6 Å². The van der Waals surface area contributed by atoms with Gasteiger partial charge in [-0.05, 0) is 19.1 Å². The molecule has 0 bridgehead atoms. The molecule has 1 aliphatic heterocycles. The SMILES string of the molecule is Cc1nnc2n1CC(C(=O)O)N(Cc1csc(-c3ccc(Cl)cc3)n1)C2. The minimum atomic E-state index is -0.850. The van der Waals surface area contributed by atoms with Gasteiger partial charge in [0, 0.05) is 22.5 Å². The average molecular weight is 390 g/mol. The molecule has 9 heteroatoms. The van der Waals surface area contributed by atoms with E-state index < -0.39 is 12.0 Å². The Balaban J connectivity index is 1.56. The van der Waals surface area contributed by atoms with Gasteiger partial charge in [0.25, 0.3) is 0 Å². The normalized spacial score (nSPS) is 17.2. The van der Waals surface area contributed by atoms with Crippen LogP contribution >= 0.6 is 22.9 Å². The van der Waals surface area contributed by atoms with Crippen LogP contribution in [0.5, 0.6) is 0 Å². The van der Waals surface area contributed by atoms with E-state index in [0.717, 1.165) is 27.9 Å². The number of nitrogens with zero attached hydrogens (tertiary/aromatic N) is 5. The Morgan fingerprint density at radius 3 is 2.85 bits per heavy atom. The van der Waals surface area contributed by atoms with E-state index in [0.29, 0.717) is 24.7 Å². The Labute approximate surface area is 158 Å². The Morgan fingerprint density at radius 1 is 1.35 bits per heavy atom. The monoisotopic (exact) mass is 389 g/mol. The molecular weight excluding hydrogens is 374 g/mol. The number of aryl methyl sites for hydroxylation is 1. The molecule has 0 radical (unpaired) electrons. The Morgan fingerprint density at radius 2 is 2.12 bits per heavy atom. The van der Waals surface area contributed by atoms with Crippen molar-refractivity contribution < 1.29 is 9.90 Å². The van der Waals surface area contributed by atoms with Gasteiger partial charge in [-0.15, -0.1) is 21.5 Å². The zero-order valence-electron chi connectivity index (χ0n) is 14.0. The topological polar surface area (TPSA) is 84.1 Å². The summed E-state index contributed by atoms with van der Waals surface area (Å²) in [7, 11) is 0. The van der Waals surface area contributed by atoms with Crippen LogP contribution in [0.15, 0.2) is 29.6 Å². The molecule has 1 aromatic carbocycles. The van der Waals surface area contributed by atoms with E-state index in [9.17, 15) is 9.90 Å². The quantitative estimate of drug-likeness (QED) is 0.738. The van der Waals surface area contributed by atoms with Gasteiger partial charge in [0.15, 0.2) is 0 Å². The summed E-state index contributed by atoms with van der Waals surface area (Å²) in [5, 5.41) is 21.4. The fraction of sp³-hybridized carbons (Fsp3) is 0.294. The zero-order chi connectivity index (χ0) is 18.3. The molecule has 134 valence electrons. The molecule has 1 aliphatic rings. The molecule has 0 saturated heterocycles. The number of hydrogen-bond donors (Lipinski definition) is 1. The molecule has 1 atom stereocenters. The lowest BCUT2D eigenvalue weighted by atomic mass is 10.1. The van der Waals surface area contributed by atoms with Gasteiger partial charge >= 0.3 is 5.97 Å². The van der Waals surface area contributed by atoms with E-state index in [2.05, 4.69) is 15.2 Å². The molecule has 3 heterocycles. The first-order chi connectivity index (χ1) is 12.5. The van der Waals surface area contributed by atoms with Crippen molar-refractivity contribution in [3.05, 3.63) is 52.0 Å². The number of rotatable bonds is 4. The van der Waals surface area contributed by atoms with Crippen molar-refractivity contribution >= 4 is 28.9 Å². The standard InChI is InChI=1S/C17H16ClN5O2S/c1-10-20-21-15-8-22(14(17(24)25)7-23(10)15)6-13-9-26-16(19-13)11-2-4-12(18)5-3-11/h2-5,9,14H,6-8H2,1H3,(H,24,25). The van der Waals surface area contributed by atoms with Crippen LogP contribution in [-0.4, -0.2) is 41.8 Å². The van der Waals surface area contributed by atoms with Gasteiger partial charge in [0.1, 0.15) is 22.7 Å². The number of fused-ring (bicyclic) bond motifs is 1. The second kappa shape index (κ2) is 6.79. The molecule has 0 saturated carbocycles. The maximum Gasteiger partial charge on any atom is 0.322 e. The third kappa shape index (κ3) is 3.23. The van der Waals surface area contributed by atoms with Gasteiger partial charge in [0.05, 0.1) is 18.8 Å². The van der Waals surface area contributed by atoms with Gasteiger partial charge in [-0.1, -0.05) is 23.7 Å². The van der Waals surface area contributed by atoms with Crippen LogP contribution in [0.3, 0.4) is 0 Å². The Bertz CT molecular complexity index is 952. The summed E-state index contributed by atoms with van der Waals surface area (Å²) >= 11 is 7.46. The van der Waals surface area contributed by atoms with Crippen molar-refractivity contribution in [2.24, 2.45) is 0 Å². The molecule has 1 unspecified atom stereocenters. The second-order valence-electron chi connectivity index (χ2n) is 6.18. The summed E-state index contributed by atoms with van der Waals surface area (Å²) in [5.74, 6) is 0.676. The number of carboxylic acid groups (broad SMARTS) is 1. The smallest absolute Gasteiger partial charge is 0.322 e. The first-order valence-corrected chi connectivity index (χ1v) is 9.33. The van der Waals surface area contributed by atoms with Crippen LogP contribution in [0.4, 0.5) is 0 Å². The van der Waals surface area contributed by atoms with Gasteiger partial charge < -0.3 is 9.67 Å². The summed E-state index contributed by atoms with van der Waals surface area (Å²) in [4.78, 5) is 18.3. The summed E-state index contributed by atoms with van der Waals surface area (Å²) in [5.41, 5.74) is 1.84. The number of aliphatic carboxylic acids is 1. The minimum Gasteiger partial charge on any atom is -0.480 e. The van der Waals surface area contributed by atoms with Crippen molar-refractivity contribution in [1.29, 1.82) is 0 Å². The highest BCUT2D eigenvalue weighted by Crippen LogP contribution is 2.27. The molecular formula is C17H16ClN5O2S. The number of halogens is 1. The van der Waals surface area contributed by atoms with Crippen LogP contribution in [-0.2, 0) is 24.4 Å². The number of carbonyl (C=O) groups is 1. The van der Waals surface area contributed by atoms with E-state index in [1.165, 1.54) is 11.3 Å². The van der Waals surface area contributed by atoms with Crippen LogP contribution in [0.1, 0.15) is 17.3 Å². The molecule has 2 aromatic heterocycles. The maximum atomic E-state index is 11.7. The van der Waals surface area contributed by atoms with E-state index in [1.54, 1.807) is 0 Å². The molecule has 0 amide bonds. The summed E-state index contributed by atoms with van der Waals surface area (Å²) in [6.07, 6.45) is 0. The van der Waals surface area contributed by atoms with Gasteiger partial charge in [-0.2, -0.15) is 0 Å². The first-order valence-electron chi connectivity index (χ1n) is 8.07. The van der Waals surface area contributed by atoms with Gasteiger partial charge in [-0.25, -0.2) is 4.98 Å². The number of aromatic nitrogens is 4. The molecule has 26 heavy (non-hydrogen) atoms. The largest absolute Gasteiger partial charge is 0.480 e. The molecule has 0 aliphatic carbocycles. The fourth-order valence-electron chi connectivity index (χ4n) is 3.07. The van der Waals surface area contributed by atoms with Crippen molar-refractivity contribution in [3.63, 3.8) is 0 Å². The fourth-order valence-corrected chi connectivity index (χ4v) is 4.02. The second-order valence-corrected chi connectivity index (χ2v) is 7.48. The van der Waals surface area contributed by atoms with Crippen LogP contribution < -0.4 is 0 Å². The lowest BCUT2D eigenvalue weighted by molar-refractivity contribution is -0.145. The maximum absolute atomic E-state index is 11.7. The highest BCUT2D eigenvalue weighted by Gasteiger charge is 2.33. The summed E-state index contributed by atoms with van der Waals surface area (Å²) in [6.45, 7) is 3.07. The van der Waals surface area contributed by atoms with Gasteiger partial charge in [-0.3, -0.25) is 9.69 Å². The van der Waals surface area contributed by atoms with Crippen molar-refractivity contribution in [3.8, 4) is 10.6 Å². The highest BCUT2D eigenvalue weighted by molar-refractivity contribution is 7.13. The molecule has 1 N–H and O–H groups in total. The number of benzene rings is 1. The highest BCUT2D eigenvalue weighted by atomic mass is 35.5. The number of thiazole rings is 1. The van der Waals surface area contributed by atoms with Crippen LogP contribution in [0.2, 0.25) is 5.02 Å². The van der Waals surface area contributed by atoms with Crippen molar-refractivity contribution in [2.75, 3.05) is 0 Å². The van der Waals surface area contributed by atoms with E-state index in [4.69, 9.17) is 11.6 Å². The Kier molecular flexibility index (Phi) is 4.47. The predicted octanol–water partition coefficient (Wildman–Crippen LogP) is 2.83. The lowest BCUT2D eigenvalue weighted by Gasteiger charge is -2.32. The molecule has 3 aromatic rings. The molecule has 0 fully saturated rings. The average Bonchev–Trinajstić information content (AvgIpc) is 3.22. The molecule has 0 spiro atoms. The summed E-state index contributed by atoms with van der Waals surface area (Å²) < 4.78 is 1.87. The predicted molar refractivity (Wildman–Crippen MR) is 98.0 cm³/mol. The van der Waals surface area contributed by atoms with Crippen molar-refractivity contribution in [1.82, 2.24) is 24.6 Å². The van der Waals surface area contributed by atoms with Gasteiger partial charge in [0.2, 0.25) is 0 Å². The van der Waals surface area contributed by atoms with Crippen LogP contribution in [0, 0.1) is 6.92 Å².